The highest BCUT2D eigenvalue weighted by atomic mass is 35.5. The number of allylic oxidation sites excluding steroid dienone is 1. The van der Waals surface area contributed by atoms with Crippen LogP contribution in [-0.2, 0) is 17.6 Å². The van der Waals surface area contributed by atoms with Gasteiger partial charge in [-0.15, -0.1) is 0 Å². The van der Waals surface area contributed by atoms with Crippen LogP contribution in [0.4, 0.5) is 5.69 Å². The summed E-state index contributed by atoms with van der Waals surface area (Å²) in [6, 6.07) is 17.2. The minimum Gasteiger partial charge on any atom is -0.365 e. The van der Waals surface area contributed by atoms with Gasteiger partial charge in [-0.25, -0.2) is 0 Å². The van der Waals surface area contributed by atoms with Crippen molar-refractivity contribution in [3.05, 3.63) is 76.3 Å². The maximum atomic E-state index is 12.8. The molecule has 0 aromatic heterocycles. The number of rotatable bonds is 10. The third-order valence-corrected chi connectivity index (χ3v) is 7.09. The molecule has 4 nitrogen and oxygen atoms in total. The average molecular weight is 496 g/mol. The molecule has 1 heterocycles. The molecule has 2 aromatic rings. The van der Waals surface area contributed by atoms with Gasteiger partial charge in [-0.1, -0.05) is 61.4 Å². The Morgan fingerprint density at radius 3 is 2.09 bits per heavy atom. The normalized spacial score (nSPS) is 15.2. The Morgan fingerprint density at radius 1 is 1.03 bits per heavy atom. The van der Waals surface area contributed by atoms with Crippen LogP contribution in [0.1, 0.15) is 58.1 Å². The molecule has 2 N–H and O–H groups in total. The molecule has 190 valence electrons. The van der Waals surface area contributed by atoms with Gasteiger partial charge in [0.15, 0.2) is 0 Å². The van der Waals surface area contributed by atoms with Crippen molar-refractivity contribution >= 4 is 23.2 Å². The molecule has 0 aliphatic carbocycles. The van der Waals surface area contributed by atoms with E-state index in [1.54, 1.807) is 0 Å². The third kappa shape index (κ3) is 8.40. The fourth-order valence-electron chi connectivity index (χ4n) is 4.78. The number of nitrogens with zero attached hydrogens (tertiary/aromatic N) is 2. The molecule has 0 unspecified atom stereocenters. The lowest BCUT2D eigenvalue weighted by Crippen LogP contribution is -2.51. The van der Waals surface area contributed by atoms with Crippen LogP contribution in [0.5, 0.6) is 0 Å². The minimum atomic E-state index is -0.381. The molecule has 0 radical (unpaired) electrons. The van der Waals surface area contributed by atoms with Crippen LogP contribution in [0.2, 0.25) is 5.02 Å². The molecule has 0 bridgehead atoms. The van der Waals surface area contributed by atoms with Crippen LogP contribution in [0.15, 0.2) is 60.2 Å². The fourth-order valence-corrected chi connectivity index (χ4v) is 4.91. The first kappa shape index (κ1) is 27.3. The summed E-state index contributed by atoms with van der Waals surface area (Å²) in [6.07, 6.45) is 6.99. The number of aryl methyl sites for hydroxylation is 2. The van der Waals surface area contributed by atoms with Crippen LogP contribution >= 0.6 is 11.6 Å². The van der Waals surface area contributed by atoms with E-state index in [1.165, 1.54) is 22.4 Å². The summed E-state index contributed by atoms with van der Waals surface area (Å²) < 4.78 is 0. The van der Waals surface area contributed by atoms with Gasteiger partial charge in [0.2, 0.25) is 5.91 Å². The van der Waals surface area contributed by atoms with Crippen molar-refractivity contribution in [2.75, 3.05) is 24.5 Å². The maximum absolute atomic E-state index is 12.8. The van der Waals surface area contributed by atoms with Gasteiger partial charge < -0.3 is 15.5 Å². The first-order valence-corrected chi connectivity index (χ1v) is 13.4. The quantitative estimate of drug-likeness (QED) is 0.395. The Labute approximate surface area is 217 Å². The summed E-state index contributed by atoms with van der Waals surface area (Å²) in [5.41, 5.74) is 11.4. The monoisotopic (exact) mass is 495 g/mol. The van der Waals surface area contributed by atoms with E-state index < -0.39 is 0 Å². The zero-order chi connectivity index (χ0) is 25.4. The summed E-state index contributed by atoms with van der Waals surface area (Å²) in [7, 11) is 0. The highest BCUT2D eigenvalue weighted by Gasteiger charge is 2.29. The van der Waals surface area contributed by atoms with Gasteiger partial charge >= 0.3 is 0 Å². The van der Waals surface area contributed by atoms with Crippen molar-refractivity contribution in [1.29, 1.82) is 0 Å². The molecule has 1 aliphatic rings. The summed E-state index contributed by atoms with van der Waals surface area (Å²) in [4.78, 5) is 17.3. The average Bonchev–Trinajstić information content (AvgIpc) is 2.84. The van der Waals surface area contributed by atoms with Crippen molar-refractivity contribution in [3.63, 3.8) is 0 Å². The van der Waals surface area contributed by atoms with E-state index in [4.69, 9.17) is 17.3 Å². The van der Waals surface area contributed by atoms with E-state index in [1.807, 2.05) is 17.0 Å². The van der Waals surface area contributed by atoms with Crippen LogP contribution in [0, 0.1) is 5.92 Å². The van der Waals surface area contributed by atoms with Gasteiger partial charge in [-0.2, -0.15) is 0 Å². The lowest BCUT2D eigenvalue weighted by atomic mass is 9.98. The van der Waals surface area contributed by atoms with Crippen LogP contribution in [0.25, 0.3) is 0 Å². The second-order valence-corrected chi connectivity index (χ2v) is 11.0. The van der Waals surface area contributed by atoms with Crippen LogP contribution in [-0.4, -0.2) is 42.5 Å². The second kappa shape index (κ2) is 13.1. The summed E-state index contributed by atoms with van der Waals surface area (Å²) in [5.74, 6) is 0.540. The highest BCUT2D eigenvalue weighted by molar-refractivity contribution is 6.30. The van der Waals surface area contributed by atoms with Gasteiger partial charge in [0, 0.05) is 36.4 Å². The number of benzene rings is 2. The Bertz CT molecular complexity index is 956. The van der Waals surface area contributed by atoms with E-state index in [0.29, 0.717) is 12.0 Å². The van der Waals surface area contributed by atoms with Gasteiger partial charge in [-0.3, -0.25) is 4.79 Å². The second-order valence-electron chi connectivity index (χ2n) is 10.5. The highest BCUT2D eigenvalue weighted by Crippen LogP contribution is 2.25. The van der Waals surface area contributed by atoms with Gasteiger partial charge in [-0.05, 0) is 87.3 Å². The first-order valence-electron chi connectivity index (χ1n) is 13.0. The Hall–Kier alpha value is -2.30. The number of hydrogen-bond acceptors (Lipinski definition) is 3. The van der Waals surface area contributed by atoms with E-state index in [9.17, 15) is 4.79 Å². The molecular weight excluding hydrogens is 454 g/mol. The van der Waals surface area contributed by atoms with Gasteiger partial charge in [0.05, 0.1) is 6.04 Å². The van der Waals surface area contributed by atoms with E-state index in [2.05, 4.69) is 75.1 Å². The Morgan fingerprint density at radius 2 is 1.57 bits per heavy atom. The van der Waals surface area contributed by atoms with Crippen molar-refractivity contribution in [3.8, 4) is 0 Å². The molecule has 1 fully saturated rings. The predicted molar refractivity (Wildman–Crippen MR) is 149 cm³/mol. The summed E-state index contributed by atoms with van der Waals surface area (Å²) in [6.45, 7) is 11.0. The molecule has 2 aromatic carbocycles. The Kier molecular flexibility index (Phi) is 10.2. The predicted octanol–water partition coefficient (Wildman–Crippen LogP) is 6.26. The minimum absolute atomic E-state index is 0.109. The molecular formula is C30H42ClN3O. The van der Waals surface area contributed by atoms with Crippen LogP contribution in [0.3, 0.4) is 0 Å². The molecule has 1 aliphatic heterocycles. The van der Waals surface area contributed by atoms with Gasteiger partial charge in [0.25, 0.3) is 0 Å². The molecule has 1 amide bonds. The number of carbonyl (C=O) groups is 1. The molecule has 5 heteroatoms. The number of amides is 1. The largest absolute Gasteiger partial charge is 0.365 e. The molecule has 35 heavy (non-hydrogen) atoms. The SMILES string of the molecule is CC(C)=CCN(c1ccc(CCc2ccc(Cl)cc2)cc1)C1CCN(C(=O)[C@@H](N)CC(C)C)CC1. The maximum Gasteiger partial charge on any atom is 0.239 e. The van der Waals surface area contributed by atoms with Crippen molar-refractivity contribution in [1.82, 2.24) is 4.90 Å². The van der Waals surface area contributed by atoms with E-state index in [0.717, 1.165) is 56.8 Å². The Balaban J connectivity index is 1.63. The molecule has 0 saturated carbocycles. The molecule has 1 atom stereocenters. The number of piperidine rings is 1. The number of hydrogen-bond donors (Lipinski definition) is 1. The zero-order valence-electron chi connectivity index (χ0n) is 21.8. The molecule has 3 rings (SSSR count). The molecule has 0 spiro atoms. The number of carbonyl (C=O) groups excluding carboxylic acids is 1. The lowest BCUT2D eigenvalue weighted by molar-refractivity contribution is -0.134. The lowest BCUT2D eigenvalue weighted by Gasteiger charge is -2.40. The van der Waals surface area contributed by atoms with E-state index >= 15 is 0 Å². The number of likely N-dealkylation sites (tertiary alicyclic amines) is 1. The fraction of sp³-hybridized carbons (Fsp3) is 0.500. The smallest absolute Gasteiger partial charge is 0.239 e. The van der Waals surface area contributed by atoms with Gasteiger partial charge in [0.1, 0.15) is 0 Å². The standard InChI is InChI=1S/C30H42ClN3O/c1-22(2)15-20-34(28-16-18-33(19-17-28)30(35)29(32)21-23(3)4)27-13-9-25(10-14-27)6-5-24-7-11-26(31)12-8-24/h7-15,23,28-29H,5-6,16-21,32H2,1-4H3/t29-/m0/s1. The number of halogens is 1. The number of anilines is 1. The topological polar surface area (TPSA) is 49.6 Å². The van der Waals surface area contributed by atoms with Crippen molar-refractivity contribution in [2.24, 2.45) is 11.7 Å². The number of nitrogens with two attached hydrogens (primary N) is 1. The third-order valence-electron chi connectivity index (χ3n) is 6.84. The first-order chi connectivity index (χ1) is 16.7. The molecule has 1 saturated heterocycles. The van der Waals surface area contributed by atoms with Crippen molar-refractivity contribution < 1.29 is 4.79 Å². The summed E-state index contributed by atoms with van der Waals surface area (Å²) in [5, 5.41) is 0.781. The van der Waals surface area contributed by atoms with E-state index in [-0.39, 0.29) is 11.9 Å². The zero-order valence-corrected chi connectivity index (χ0v) is 22.6. The van der Waals surface area contributed by atoms with Crippen LogP contribution < -0.4 is 10.6 Å². The van der Waals surface area contributed by atoms with Crippen molar-refractivity contribution in [2.45, 2.75) is 71.9 Å². The summed E-state index contributed by atoms with van der Waals surface area (Å²) >= 11 is 6.01.